The Labute approximate surface area is 172 Å². The standard InChI is InChI=1S/C21H21NO8/c1-3-28-21(26)15-5-7-16(8-6-15)22-19(24)12-30-20(25)13-29-17-9-4-14(11-23)10-18(17)27-2/h4-11H,3,12-13H2,1-2H3,(H,22,24). The van der Waals surface area contributed by atoms with E-state index >= 15 is 0 Å². The van der Waals surface area contributed by atoms with E-state index in [1.54, 1.807) is 6.92 Å². The molecule has 1 amide bonds. The molecule has 0 fully saturated rings. The second-order valence-corrected chi connectivity index (χ2v) is 5.82. The van der Waals surface area contributed by atoms with Crippen molar-refractivity contribution in [1.82, 2.24) is 0 Å². The van der Waals surface area contributed by atoms with Crippen molar-refractivity contribution in [3.63, 3.8) is 0 Å². The summed E-state index contributed by atoms with van der Waals surface area (Å²) in [6.45, 7) is 1.02. The van der Waals surface area contributed by atoms with Crippen molar-refractivity contribution in [1.29, 1.82) is 0 Å². The fourth-order valence-electron chi connectivity index (χ4n) is 2.30. The number of rotatable bonds is 10. The Kier molecular flexibility index (Phi) is 8.37. The highest BCUT2D eigenvalue weighted by Crippen LogP contribution is 2.27. The molecule has 0 aromatic heterocycles. The van der Waals surface area contributed by atoms with Gasteiger partial charge >= 0.3 is 11.9 Å². The lowest BCUT2D eigenvalue weighted by Gasteiger charge is -2.11. The molecule has 2 aromatic carbocycles. The van der Waals surface area contributed by atoms with Crippen LogP contribution in [0.3, 0.4) is 0 Å². The summed E-state index contributed by atoms with van der Waals surface area (Å²) in [5, 5.41) is 2.54. The number of hydrogen-bond donors (Lipinski definition) is 1. The first-order valence-electron chi connectivity index (χ1n) is 8.95. The summed E-state index contributed by atoms with van der Waals surface area (Å²) < 4.78 is 20.1. The lowest BCUT2D eigenvalue weighted by atomic mass is 10.2. The first-order valence-corrected chi connectivity index (χ1v) is 8.95. The van der Waals surface area contributed by atoms with Crippen LogP contribution in [0.1, 0.15) is 27.6 Å². The molecule has 0 unspecified atom stereocenters. The topological polar surface area (TPSA) is 117 Å². The van der Waals surface area contributed by atoms with Gasteiger partial charge < -0.3 is 24.3 Å². The van der Waals surface area contributed by atoms with Gasteiger partial charge in [-0.25, -0.2) is 9.59 Å². The number of hydrogen-bond acceptors (Lipinski definition) is 8. The maximum atomic E-state index is 11.9. The number of ether oxygens (including phenoxy) is 4. The molecule has 9 nitrogen and oxygen atoms in total. The molecule has 0 aliphatic carbocycles. The minimum Gasteiger partial charge on any atom is -0.493 e. The van der Waals surface area contributed by atoms with Crippen LogP contribution in [0.25, 0.3) is 0 Å². The Morgan fingerprint density at radius 3 is 2.33 bits per heavy atom. The van der Waals surface area contributed by atoms with Crippen LogP contribution in [0.2, 0.25) is 0 Å². The predicted octanol–water partition coefficient (Wildman–Crippen LogP) is 2.25. The predicted molar refractivity (Wildman–Crippen MR) is 106 cm³/mol. The van der Waals surface area contributed by atoms with Crippen LogP contribution in [0, 0.1) is 0 Å². The molecular formula is C21H21NO8. The quantitative estimate of drug-likeness (QED) is 0.464. The SMILES string of the molecule is CCOC(=O)c1ccc(NC(=O)COC(=O)COc2ccc(C=O)cc2OC)cc1. The molecule has 0 heterocycles. The van der Waals surface area contributed by atoms with Crippen LogP contribution >= 0.6 is 0 Å². The number of aldehydes is 1. The first kappa shape index (κ1) is 22.4. The highest BCUT2D eigenvalue weighted by Gasteiger charge is 2.12. The smallest absolute Gasteiger partial charge is 0.344 e. The number of anilines is 1. The summed E-state index contributed by atoms with van der Waals surface area (Å²) in [4.78, 5) is 46.1. The van der Waals surface area contributed by atoms with Gasteiger partial charge in [0.25, 0.3) is 5.91 Å². The zero-order chi connectivity index (χ0) is 21.9. The molecule has 158 valence electrons. The van der Waals surface area contributed by atoms with Gasteiger partial charge in [-0.05, 0) is 49.4 Å². The van der Waals surface area contributed by atoms with E-state index in [2.05, 4.69) is 5.32 Å². The van der Waals surface area contributed by atoms with Crippen LogP contribution in [0.15, 0.2) is 42.5 Å². The zero-order valence-corrected chi connectivity index (χ0v) is 16.5. The molecule has 2 aromatic rings. The van der Waals surface area contributed by atoms with E-state index in [-0.39, 0.29) is 18.1 Å². The van der Waals surface area contributed by atoms with Crippen LogP contribution in [0.5, 0.6) is 11.5 Å². The lowest BCUT2D eigenvalue weighted by molar-refractivity contribution is -0.149. The monoisotopic (exact) mass is 415 g/mol. The zero-order valence-electron chi connectivity index (χ0n) is 16.5. The molecule has 0 bridgehead atoms. The number of esters is 2. The molecule has 0 spiro atoms. The van der Waals surface area contributed by atoms with Crippen LogP contribution in [-0.2, 0) is 19.1 Å². The van der Waals surface area contributed by atoms with Crippen LogP contribution in [-0.4, -0.2) is 51.1 Å². The van der Waals surface area contributed by atoms with E-state index in [0.717, 1.165) is 0 Å². The molecule has 0 radical (unpaired) electrons. The number of amides is 1. The van der Waals surface area contributed by atoms with Crippen molar-refractivity contribution in [2.24, 2.45) is 0 Å². The summed E-state index contributed by atoms with van der Waals surface area (Å²) >= 11 is 0. The summed E-state index contributed by atoms with van der Waals surface area (Å²) in [6, 6.07) is 10.6. The lowest BCUT2D eigenvalue weighted by Crippen LogP contribution is -2.23. The van der Waals surface area contributed by atoms with Gasteiger partial charge in [0, 0.05) is 11.3 Å². The maximum Gasteiger partial charge on any atom is 0.344 e. The van der Waals surface area contributed by atoms with Gasteiger partial charge in [0.1, 0.15) is 6.29 Å². The Balaban J connectivity index is 1.79. The largest absolute Gasteiger partial charge is 0.493 e. The highest BCUT2D eigenvalue weighted by atomic mass is 16.6. The maximum absolute atomic E-state index is 11.9. The Hall–Kier alpha value is -3.88. The number of benzene rings is 2. The third-order valence-electron chi connectivity index (χ3n) is 3.71. The van der Waals surface area contributed by atoms with Crippen LogP contribution < -0.4 is 14.8 Å². The van der Waals surface area contributed by atoms with E-state index in [4.69, 9.17) is 18.9 Å². The molecule has 0 saturated carbocycles. The van der Waals surface area contributed by atoms with E-state index < -0.39 is 31.1 Å². The number of methoxy groups -OCH3 is 1. The normalized spacial score (nSPS) is 9.93. The Morgan fingerprint density at radius 2 is 1.70 bits per heavy atom. The molecule has 0 aliphatic heterocycles. The van der Waals surface area contributed by atoms with Gasteiger partial charge in [-0.1, -0.05) is 0 Å². The van der Waals surface area contributed by atoms with Crippen molar-refractivity contribution in [2.75, 3.05) is 32.2 Å². The van der Waals surface area contributed by atoms with Gasteiger partial charge in [0.2, 0.25) is 0 Å². The summed E-state index contributed by atoms with van der Waals surface area (Å²) in [7, 11) is 1.40. The van der Waals surface area contributed by atoms with E-state index in [0.29, 0.717) is 23.1 Å². The molecule has 30 heavy (non-hydrogen) atoms. The van der Waals surface area contributed by atoms with Gasteiger partial charge in [-0.2, -0.15) is 0 Å². The van der Waals surface area contributed by atoms with Gasteiger partial charge in [0.05, 0.1) is 19.3 Å². The van der Waals surface area contributed by atoms with Crippen molar-refractivity contribution in [3.05, 3.63) is 53.6 Å². The Morgan fingerprint density at radius 1 is 0.967 bits per heavy atom. The molecule has 9 heteroatoms. The molecule has 0 atom stereocenters. The summed E-state index contributed by atoms with van der Waals surface area (Å²) in [5.41, 5.74) is 1.18. The van der Waals surface area contributed by atoms with E-state index in [9.17, 15) is 19.2 Å². The molecule has 2 rings (SSSR count). The summed E-state index contributed by atoms with van der Waals surface area (Å²) in [6.07, 6.45) is 0.656. The fraction of sp³-hybridized carbons (Fsp3) is 0.238. The second kappa shape index (κ2) is 11.2. The first-order chi connectivity index (χ1) is 14.5. The van der Waals surface area contributed by atoms with E-state index in [1.165, 1.54) is 49.6 Å². The van der Waals surface area contributed by atoms with Crippen molar-refractivity contribution in [2.45, 2.75) is 6.92 Å². The third kappa shape index (κ3) is 6.62. The number of carbonyl (C=O) groups excluding carboxylic acids is 4. The average Bonchev–Trinajstić information content (AvgIpc) is 2.76. The van der Waals surface area contributed by atoms with Gasteiger partial charge in [-0.3, -0.25) is 9.59 Å². The Bertz CT molecular complexity index is 908. The molecule has 0 aliphatic rings. The molecule has 0 saturated heterocycles. The molecule has 1 N–H and O–H groups in total. The third-order valence-corrected chi connectivity index (χ3v) is 3.71. The average molecular weight is 415 g/mol. The second-order valence-electron chi connectivity index (χ2n) is 5.82. The summed E-state index contributed by atoms with van der Waals surface area (Å²) in [5.74, 6) is -1.23. The minimum absolute atomic E-state index is 0.256. The van der Waals surface area contributed by atoms with E-state index in [1.807, 2.05) is 0 Å². The number of nitrogens with one attached hydrogen (secondary N) is 1. The van der Waals surface area contributed by atoms with Crippen molar-refractivity contribution in [3.8, 4) is 11.5 Å². The van der Waals surface area contributed by atoms with Crippen LogP contribution in [0.4, 0.5) is 5.69 Å². The highest BCUT2D eigenvalue weighted by molar-refractivity contribution is 5.94. The number of carbonyl (C=O) groups is 4. The fourth-order valence-corrected chi connectivity index (χ4v) is 2.30. The van der Waals surface area contributed by atoms with Crippen molar-refractivity contribution < 1.29 is 38.1 Å². The van der Waals surface area contributed by atoms with Gasteiger partial charge in [0.15, 0.2) is 24.7 Å². The molecular weight excluding hydrogens is 394 g/mol. The minimum atomic E-state index is -0.760. The van der Waals surface area contributed by atoms with Gasteiger partial charge in [-0.15, -0.1) is 0 Å². The van der Waals surface area contributed by atoms with Crippen molar-refractivity contribution >= 4 is 29.8 Å².